The third-order valence-corrected chi connectivity index (χ3v) is 4.10. The van der Waals surface area contributed by atoms with Gasteiger partial charge in [0.25, 0.3) is 0 Å². The molecule has 0 aliphatic heterocycles. The number of hydrogen-bond acceptors (Lipinski definition) is 8. The van der Waals surface area contributed by atoms with Crippen molar-refractivity contribution in [2.24, 2.45) is 5.16 Å². The number of nitrogens with zero attached hydrogens (tertiary/aromatic N) is 1. The van der Waals surface area contributed by atoms with Gasteiger partial charge in [-0.25, -0.2) is 9.36 Å². The number of phosphoric acid groups is 1. The maximum atomic E-state index is 12.2. The number of carbonyl (C=O) groups is 1. The number of ether oxygens (including phenoxy) is 2. The average Bonchev–Trinajstić information content (AvgIpc) is 2.54. The van der Waals surface area contributed by atoms with Crippen LogP contribution in [0.25, 0.3) is 0 Å². The quantitative estimate of drug-likeness (QED) is 0.384. The summed E-state index contributed by atoms with van der Waals surface area (Å²) in [5.74, 6) is -0.662. The molecule has 134 valence electrons. The molecule has 0 aliphatic carbocycles. The normalized spacial score (nSPS) is 11.9. The molecule has 0 heterocycles. The average molecular weight is 361 g/mol. The zero-order chi connectivity index (χ0) is 18.2. The summed E-state index contributed by atoms with van der Waals surface area (Å²) in [6.07, 6.45) is 0. The van der Waals surface area contributed by atoms with E-state index in [1.165, 1.54) is 32.4 Å². The smallest absolute Gasteiger partial charge is 0.493 e. The van der Waals surface area contributed by atoms with Gasteiger partial charge in [0.05, 0.1) is 27.4 Å². The Labute approximate surface area is 139 Å². The Morgan fingerprint density at radius 2 is 1.71 bits per heavy atom. The van der Waals surface area contributed by atoms with E-state index in [1.54, 1.807) is 13.8 Å². The molecule has 1 N–H and O–H groups in total. The Morgan fingerprint density at radius 3 is 2.17 bits per heavy atom. The van der Waals surface area contributed by atoms with Crippen LogP contribution in [-0.2, 0) is 23.0 Å². The molecule has 0 saturated heterocycles. The largest absolute Gasteiger partial charge is 0.550 e. The lowest BCUT2D eigenvalue weighted by molar-refractivity contribution is -0.129. The van der Waals surface area contributed by atoms with Crippen molar-refractivity contribution in [2.75, 3.05) is 27.4 Å². The standard InChI is InChI=1S/C14H20NO8P/c1-5-21-24(18,22-6-2)23-15-13(14(16)17)10-7-8-11(19-3)12(9-10)20-4/h7-9H,5-6H2,1-4H3,(H,16,17). The molecule has 0 aliphatic rings. The number of hydrogen-bond donors (Lipinski definition) is 1. The van der Waals surface area contributed by atoms with Gasteiger partial charge in [0.15, 0.2) is 17.2 Å². The van der Waals surface area contributed by atoms with Crippen LogP contribution in [0.1, 0.15) is 19.4 Å². The van der Waals surface area contributed by atoms with Crippen LogP contribution in [0.15, 0.2) is 23.4 Å². The molecule has 0 bridgehead atoms. The van der Waals surface area contributed by atoms with Crippen molar-refractivity contribution in [1.29, 1.82) is 0 Å². The fraction of sp³-hybridized carbons (Fsp3) is 0.429. The van der Waals surface area contributed by atoms with Gasteiger partial charge in [-0.2, -0.15) is 0 Å². The number of oxime groups is 1. The van der Waals surface area contributed by atoms with Crippen LogP contribution in [-0.4, -0.2) is 44.2 Å². The minimum atomic E-state index is -3.97. The predicted molar refractivity (Wildman–Crippen MR) is 85.7 cm³/mol. The summed E-state index contributed by atoms with van der Waals surface area (Å²) in [5.41, 5.74) is -0.324. The topological polar surface area (TPSA) is 113 Å². The lowest BCUT2D eigenvalue weighted by atomic mass is 10.1. The van der Waals surface area contributed by atoms with Gasteiger partial charge in [0.2, 0.25) is 0 Å². The second kappa shape index (κ2) is 9.27. The van der Waals surface area contributed by atoms with E-state index in [1.807, 2.05) is 0 Å². The molecule has 1 rings (SSSR count). The Bertz CT molecular complexity index is 636. The highest BCUT2D eigenvalue weighted by Gasteiger charge is 2.28. The Kier molecular flexibility index (Phi) is 7.70. The van der Waals surface area contributed by atoms with E-state index < -0.39 is 19.5 Å². The summed E-state index contributed by atoms with van der Waals surface area (Å²) >= 11 is 0. The summed E-state index contributed by atoms with van der Waals surface area (Å²) in [4.78, 5) is 11.4. The first kappa shape index (κ1) is 20.0. The number of methoxy groups -OCH3 is 2. The second-order valence-corrected chi connectivity index (χ2v) is 5.75. The first-order chi connectivity index (χ1) is 11.4. The van der Waals surface area contributed by atoms with Gasteiger partial charge < -0.3 is 14.6 Å². The summed E-state index contributed by atoms with van der Waals surface area (Å²) in [6, 6.07) is 4.36. The molecule has 10 heteroatoms. The van der Waals surface area contributed by atoms with E-state index in [0.29, 0.717) is 11.5 Å². The molecule has 1 aromatic carbocycles. The van der Waals surface area contributed by atoms with Crippen molar-refractivity contribution in [3.63, 3.8) is 0 Å². The summed E-state index contributed by atoms with van der Waals surface area (Å²) in [6.45, 7) is 3.27. The lowest BCUT2D eigenvalue weighted by Gasteiger charge is -2.14. The van der Waals surface area contributed by atoms with Crippen LogP contribution in [0.2, 0.25) is 0 Å². The van der Waals surface area contributed by atoms with Crippen LogP contribution < -0.4 is 9.47 Å². The van der Waals surface area contributed by atoms with E-state index >= 15 is 0 Å². The van der Waals surface area contributed by atoms with Crippen molar-refractivity contribution in [3.8, 4) is 11.5 Å². The van der Waals surface area contributed by atoms with Gasteiger partial charge in [0.1, 0.15) is 0 Å². The predicted octanol–water partition coefficient (Wildman–Crippen LogP) is 2.69. The fourth-order valence-electron chi connectivity index (χ4n) is 1.69. The SMILES string of the molecule is CCOP(=O)(OCC)ON=C(C(=O)O)c1ccc(OC)c(OC)c1. The molecule has 24 heavy (non-hydrogen) atoms. The molecule has 1 aromatic rings. The monoisotopic (exact) mass is 361 g/mol. The van der Waals surface area contributed by atoms with E-state index in [9.17, 15) is 14.5 Å². The van der Waals surface area contributed by atoms with E-state index in [2.05, 4.69) is 5.16 Å². The van der Waals surface area contributed by atoms with Gasteiger partial charge in [-0.3, -0.25) is 13.7 Å². The van der Waals surface area contributed by atoms with Gasteiger partial charge in [-0.05, 0) is 32.0 Å². The molecule has 0 atom stereocenters. The second-order valence-electron chi connectivity index (χ2n) is 4.18. The molecular formula is C14H20NO8P. The summed E-state index contributed by atoms with van der Waals surface area (Å²) in [5, 5.41) is 12.8. The van der Waals surface area contributed by atoms with Crippen LogP contribution in [0.3, 0.4) is 0 Å². The minimum absolute atomic E-state index is 0.0472. The van der Waals surface area contributed by atoms with Crippen molar-refractivity contribution < 1.29 is 37.6 Å². The first-order valence-electron chi connectivity index (χ1n) is 7.02. The molecule has 9 nitrogen and oxygen atoms in total. The maximum absolute atomic E-state index is 12.2. The van der Waals surface area contributed by atoms with Gasteiger partial charge in [-0.15, -0.1) is 0 Å². The minimum Gasteiger partial charge on any atom is -0.493 e. The van der Waals surface area contributed by atoms with Crippen molar-refractivity contribution in [1.82, 2.24) is 0 Å². The highest BCUT2D eigenvalue weighted by Crippen LogP contribution is 2.49. The molecule has 0 spiro atoms. The fourth-order valence-corrected chi connectivity index (χ4v) is 2.67. The third kappa shape index (κ3) is 5.23. The molecule has 0 saturated carbocycles. The number of phosphoric ester groups is 1. The van der Waals surface area contributed by atoms with Crippen LogP contribution in [0, 0.1) is 0 Å². The van der Waals surface area contributed by atoms with E-state index in [-0.39, 0.29) is 18.8 Å². The molecule has 0 unspecified atom stereocenters. The zero-order valence-corrected chi connectivity index (χ0v) is 14.7. The zero-order valence-electron chi connectivity index (χ0n) is 13.8. The molecule has 0 amide bonds. The lowest BCUT2D eigenvalue weighted by Crippen LogP contribution is -2.15. The Balaban J connectivity index is 3.19. The van der Waals surface area contributed by atoms with Gasteiger partial charge in [-0.1, -0.05) is 5.16 Å². The van der Waals surface area contributed by atoms with E-state index in [0.717, 1.165) is 0 Å². The summed E-state index contributed by atoms with van der Waals surface area (Å²) < 4.78 is 36.9. The van der Waals surface area contributed by atoms with Crippen molar-refractivity contribution >= 4 is 19.5 Å². The first-order valence-corrected chi connectivity index (χ1v) is 8.48. The third-order valence-electron chi connectivity index (χ3n) is 2.67. The Hall–Kier alpha value is -2.09. The van der Waals surface area contributed by atoms with Gasteiger partial charge >= 0.3 is 13.8 Å². The summed E-state index contributed by atoms with van der Waals surface area (Å²) in [7, 11) is -1.11. The van der Waals surface area contributed by atoms with Gasteiger partial charge in [0, 0.05) is 5.56 Å². The molecule has 0 aromatic heterocycles. The van der Waals surface area contributed by atoms with Crippen LogP contribution >= 0.6 is 7.82 Å². The van der Waals surface area contributed by atoms with Crippen LogP contribution in [0.5, 0.6) is 11.5 Å². The molecular weight excluding hydrogens is 341 g/mol. The highest BCUT2D eigenvalue weighted by atomic mass is 31.2. The Morgan fingerprint density at radius 1 is 1.12 bits per heavy atom. The van der Waals surface area contributed by atoms with Crippen molar-refractivity contribution in [3.05, 3.63) is 23.8 Å². The highest BCUT2D eigenvalue weighted by molar-refractivity contribution is 7.48. The maximum Gasteiger partial charge on any atom is 0.550 e. The number of carboxylic acid groups (broad SMARTS) is 1. The number of rotatable bonds is 10. The van der Waals surface area contributed by atoms with Crippen LogP contribution in [0.4, 0.5) is 0 Å². The number of benzene rings is 1. The molecule has 0 radical (unpaired) electrons. The van der Waals surface area contributed by atoms with Crippen molar-refractivity contribution in [2.45, 2.75) is 13.8 Å². The number of aliphatic carboxylic acids is 1. The molecule has 0 fully saturated rings. The van der Waals surface area contributed by atoms with E-state index in [4.69, 9.17) is 23.1 Å². The number of carboxylic acids is 1.